The normalized spacial score (nSPS) is 11.7. The van der Waals surface area contributed by atoms with E-state index in [-0.39, 0.29) is 34.3 Å². The van der Waals surface area contributed by atoms with Gasteiger partial charge in [0, 0.05) is 18.8 Å². The average molecular weight is 374 g/mol. The molecule has 0 saturated carbocycles. The lowest BCUT2D eigenvalue weighted by Gasteiger charge is -2.16. The van der Waals surface area contributed by atoms with Gasteiger partial charge in [-0.2, -0.15) is 0 Å². The highest BCUT2D eigenvalue weighted by atomic mass is 16.2. The first kappa shape index (κ1) is 20.9. The highest BCUT2D eigenvalue weighted by molar-refractivity contribution is 6.05. The molecule has 2 heterocycles. The van der Waals surface area contributed by atoms with Crippen molar-refractivity contribution in [2.24, 2.45) is 11.8 Å². The maximum absolute atomic E-state index is 12.8. The highest BCUT2D eigenvalue weighted by Crippen LogP contribution is 2.20. The summed E-state index contributed by atoms with van der Waals surface area (Å²) in [5.41, 5.74) is 0.149. The molecule has 0 unspecified atom stereocenters. The molecule has 148 valence electrons. The standard InChI is InChI=1S/C20H30N4O3/c1-11(2)7-8-21-18(25)14-9-15(13(5)6)22-17-16(14)19(26)23-20(27)24(17)10-12(3)4/h9,11-13H,7-8,10H2,1-6H3,(H,21,25)(H,23,26,27). The molecular weight excluding hydrogens is 344 g/mol. The van der Waals surface area contributed by atoms with Crippen LogP contribution in [0.3, 0.4) is 0 Å². The van der Waals surface area contributed by atoms with Crippen LogP contribution < -0.4 is 16.6 Å². The van der Waals surface area contributed by atoms with Crippen molar-refractivity contribution >= 4 is 16.9 Å². The summed E-state index contributed by atoms with van der Waals surface area (Å²) in [6.45, 7) is 13.0. The lowest BCUT2D eigenvalue weighted by atomic mass is 10.0. The number of nitrogens with one attached hydrogen (secondary N) is 2. The van der Waals surface area contributed by atoms with E-state index in [1.807, 2.05) is 27.7 Å². The summed E-state index contributed by atoms with van der Waals surface area (Å²) >= 11 is 0. The van der Waals surface area contributed by atoms with E-state index in [0.717, 1.165) is 6.42 Å². The number of hydrogen-bond donors (Lipinski definition) is 2. The van der Waals surface area contributed by atoms with Gasteiger partial charge < -0.3 is 5.32 Å². The van der Waals surface area contributed by atoms with E-state index >= 15 is 0 Å². The number of fused-ring (bicyclic) bond motifs is 1. The van der Waals surface area contributed by atoms with Gasteiger partial charge in [0.15, 0.2) is 5.65 Å². The summed E-state index contributed by atoms with van der Waals surface area (Å²) in [6.07, 6.45) is 0.847. The molecule has 0 spiro atoms. The van der Waals surface area contributed by atoms with E-state index < -0.39 is 11.2 Å². The number of hydrogen-bond acceptors (Lipinski definition) is 4. The van der Waals surface area contributed by atoms with Crippen molar-refractivity contribution in [2.45, 2.75) is 60.4 Å². The molecule has 2 aromatic heterocycles. The summed E-state index contributed by atoms with van der Waals surface area (Å²) in [7, 11) is 0. The van der Waals surface area contributed by atoms with Gasteiger partial charge >= 0.3 is 5.69 Å². The van der Waals surface area contributed by atoms with Gasteiger partial charge in [-0.05, 0) is 30.2 Å². The van der Waals surface area contributed by atoms with Gasteiger partial charge in [0.2, 0.25) is 0 Å². The first-order chi connectivity index (χ1) is 12.6. The van der Waals surface area contributed by atoms with Gasteiger partial charge in [-0.3, -0.25) is 19.1 Å². The first-order valence-corrected chi connectivity index (χ1v) is 9.57. The number of aromatic amines is 1. The number of H-pyrrole nitrogens is 1. The zero-order chi connectivity index (χ0) is 20.3. The molecule has 0 bridgehead atoms. The fourth-order valence-electron chi connectivity index (χ4n) is 2.87. The smallest absolute Gasteiger partial charge is 0.330 e. The number of aromatic nitrogens is 3. The Kier molecular flexibility index (Phi) is 6.57. The van der Waals surface area contributed by atoms with Gasteiger partial charge in [0.1, 0.15) is 0 Å². The Morgan fingerprint density at radius 2 is 1.81 bits per heavy atom. The lowest BCUT2D eigenvalue weighted by molar-refractivity contribution is 0.0953. The number of carbonyl (C=O) groups is 1. The van der Waals surface area contributed by atoms with Gasteiger partial charge in [0.25, 0.3) is 11.5 Å². The third-order valence-corrected chi connectivity index (χ3v) is 4.36. The Labute approximate surface area is 159 Å². The molecular formula is C20H30N4O3. The van der Waals surface area contributed by atoms with Crippen LogP contribution in [0.2, 0.25) is 0 Å². The Hall–Kier alpha value is -2.44. The molecule has 7 heteroatoms. The van der Waals surface area contributed by atoms with Crippen molar-refractivity contribution in [1.29, 1.82) is 0 Å². The summed E-state index contributed by atoms with van der Waals surface area (Å²) in [4.78, 5) is 44.6. The summed E-state index contributed by atoms with van der Waals surface area (Å²) in [5.74, 6) is 0.388. The molecule has 0 aliphatic carbocycles. The lowest BCUT2D eigenvalue weighted by Crippen LogP contribution is -2.34. The second-order valence-corrected chi connectivity index (χ2v) is 8.15. The van der Waals surface area contributed by atoms with Crippen LogP contribution in [0, 0.1) is 11.8 Å². The Morgan fingerprint density at radius 1 is 1.15 bits per heavy atom. The molecule has 2 N–H and O–H groups in total. The summed E-state index contributed by atoms with van der Waals surface area (Å²) < 4.78 is 1.46. The molecule has 2 aromatic rings. The predicted octanol–water partition coefficient (Wildman–Crippen LogP) is 2.64. The largest absolute Gasteiger partial charge is 0.352 e. The third-order valence-electron chi connectivity index (χ3n) is 4.36. The Bertz CT molecular complexity index is 939. The zero-order valence-corrected chi connectivity index (χ0v) is 17.0. The van der Waals surface area contributed by atoms with Crippen LogP contribution in [0.4, 0.5) is 0 Å². The Balaban J connectivity index is 2.70. The van der Waals surface area contributed by atoms with Crippen LogP contribution in [0.5, 0.6) is 0 Å². The SMILES string of the molecule is CC(C)CCNC(=O)c1cc(C(C)C)nc2c1c(=O)[nH]c(=O)n2CC(C)C. The van der Waals surface area contributed by atoms with Crippen LogP contribution in [-0.4, -0.2) is 27.0 Å². The highest BCUT2D eigenvalue weighted by Gasteiger charge is 2.20. The third kappa shape index (κ3) is 4.84. The van der Waals surface area contributed by atoms with E-state index in [1.54, 1.807) is 6.07 Å². The quantitative estimate of drug-likeness (QED) is 0.778. The fraction of sp³-hybridized carbons (Fsp3) is 0.600. The molecule has 7 nitrogen and oxygen atoms in total. The van der Waals surface area contributed by atoms with Crippen molar-refractivity contribution in [1.82, 2.24) is 19.9 Å². The minimum Gasteiger partial charge on any atom is -0.352 e. The molecule has 0 aromatic carbocycles. The second kappa shape index (κ2) is 8.50. The minimum absolute atomic E-state index is 0.0542. The van der Waals surface area contributed by atoms with E-state index in [0.29, 0.717) is 24.7 Å². The number of nitrogens with zero attached hydrogens (tertiary/aromatic N) is 2. The number of pyridine rings is 1. The Morgan fingerprint density at radius 3 is 2.37 bits per heavy atom. The van der Waals surface area contributed by atoms with Gasteiger partial charge in [-0.1, -0.05) is 41.5 Å². The van der Waals surface area contributed by atoms with Crippen molar-refractivity contribution in [3.63, 3.8) is 0 Å². The van der Waals surface area contributed by atoms with Gasteiger partial charge in [-0.15, -0.1) is 0 Å². The zero-order valence-electron chi connectivity index (χ0n) is 17.0. The van der Waals surface area contributed by atoms with Crippen LogP contribution in [-0.2, 0) is 6.54 Å². The molecule has 0 radical (unpaired) electrons. The van der Waals surface area contributed by atoms with Crippen LogP contribution in [0.25, 0.3) is 11.0 Å². The van der Waals surface area contributed by atoms with Gasteiger partial charge in [0.05, 0.1) is 10.9 Å². The maximum atomic E-state index is 12.8. The first-order valence-electron chi connectivity index (χ1n) is 9.57. The summed E-state index contributed by atoms with van der Waals surface area (Å²) in [5, 5.41) is 3.05. The number of amides is 1. The molecule has 1 amide bonds. The summed E-state index contributed by atoms with van der Waals surface area (Å²) in [6, 6.07) is 1.66. The predicted molar refractivity (Wildman–Crippen MR) is 107 cm³/mol. The van der Waals surface area contributed by atoms with Gasteiger partial charge in [-0.25, -0.2) is 9.78 Å². The van der Waals surface area contributed by atoms with Crippen molar-refractivity contribution in [2.75, 3.05) is 6.54 Å². The van der Waals surface area contributed by atoms with E-state index in [1.165, 1.54) is 4.57 Å². The molecule has 27 heavy (non-hydrogen) atoms. The van der Waals surface area contributed by atoms with Crippen molar-refractivity contribution in [3.05, 3.63) is 38.2 Å². The van der Waals surface area contributed by atoms with Crippen LogP contribution in [0.1, 0.15) is 69.9 Å². The van der Waals surface area contributed by atoms with E-state index in [4.69, 9.17) is 0 Å². The topological polar surface area (TPSA) is 96.8 Å². The van der Waals surface area contributed by atoms with Crippen LogP contribution >= 0.6 is 0 Å². The maximum Gasteiger partial charge on any atom is 0.330 e. The fourth-order valence-corrected chi connectivity index (χ4v) is 2.87. The average Bonchev–Trinajstić information content (AvgIpc) is 2.56. The minimum atomic E-state index is -0.577. The number of carbonyl (C=O) groups excluding carboxylic acids is 1. The molecule has 0 fully saturated rings. The van der Waals surface area contributed by atoms with Crippen molar-refractivity contribution in [3.8, 4) is 0 Å². The molecule has 0 saturated heterocycles. The molecule has 0 aliphatic rings. The van der Waals surface area contributed by atoms with E-state index in [9.17, 15) is 14.4 Å². The van der Waals surface area contributed by atoms with Crippen molar-refractivity contribution < 1.29 is 4.79 Å². The number of rotatable bonds is 7. The molecule has 2 rings (SSSR count). The molecule has 0 atom stereocenters. The molecule has 0 aliphatic heterocycles. The monoisotopic (exact) mass is 374 g/mol. The van der Waals surface area contributed by atoms with Crippen LogP contribution in [0.15, 0.2) is 15.7 Å². The van der Waals surface area contributed by atoms with E-state index in [2.05, 4.69) is 29.1 Å². The second-order valence-electron chi connectivity index (χ2n) is 8.15.